The van der Waals surface area contributed by atoms with Gasteiger partial charge in [0.2, 0.25) is 10.0 Å². The van der Waals surface area contributed by atoms with Crippen LogP contribution in [0.25, 0.3) is 0 Å². The summed E-state index contributed by atoms with van der Waals surface area (Å²) in [5.74, 6) is -0.217. The molecule has 1 aliphatic heterocycles. The number of nitrogens with zero attached hydrogens (tertiary/aromatic N) is 1. The Balaban J connectivity index is 1.82. The highest BCUT2D eigenvalue weighted by Gasteiger charge is 2.32. The van der Waals surface area contributed by atoms with Crippen LogP contribution in [-0.2, 0) is 16.4 Å². The Kier molecular flexibility index (Phi) is 4.99. The van der Waals surface area contributed by atoms with Crippen molar-refractivity contribution >= 4 is 33.2 Å². The lowest BCUT2D eigenvalue weighted by Gasteiger charge is -2.22. The summed E-state index contributed by atoms with van der Waals surface area (Å²) >= 11 is 6.19. The molecule has 0 saturated carbocycles. The van der Waals surface area contributed by atoms with Gasteiger partial charge in [0.05, 0.1) is 18.0 Å². The van der Waals surface area contributed by atoms with E-state index >= 15 is 0 Å². The van der Waals surface area contributed by atoms with E-state index < -0.39 is 10.0 Å². The molecule has 1 aliphatic rings. The Hall–Kier alpha value is -2.05. The second-order valence-electron chi connectivity index (χ2n) is 6.67. The molecule has 0 spiro atoms. The maximum atomic E-state index is 12.6. The molecule has 2 atom stereocenters. The van der Waals surface area contributed by atoms with Crippen LogP contribution in [0.4, 0.5) is 5.69 Å². The van der Waals surface area contributed by atoms with Crippen molar-refractivity contribution in [3.63, 3.8) is 0 Å². The first-order valence-corrected chi connectivity index (χ1v) is 10.6. The molecule has 2 aromatic carbocycles. The van der Waals surface area contributed by atoms with E-state index in [1.54, 1.807) is 24.3 Å². The Morgan fingerprint density at radius 2 is 1.96 bits per heavy atom. The third-order valence-electron chi connectivity index (χ3n) is 4.57. The number of carbonyl (C=O) groups excluding carboxylic acids is 1. The van der Waals surface area contributed by atoms with Gasteiger partial charge in [-0.05, 0) is 55.7 Å². The minimum atomic E-state index is -3.34. The Bertz CT molecular complexity index is 959. The van der Waals surface area contributed by atoms with E-state index in [0.29, 0.717) is 22.7 Å². The summed E-state index contributed by atoms with van der Waals surface area (Å²) in [6.07, 6.45) is 1.79. The third-order valence-corrected chi connectivity index (χ3v) is 6.19. The monoisotopic (exact) mass is 392 g/mol. The van der Waals surface area contributed by atoms with E-state index in [1.807, 2.05) is 32.0 Å². The maximum Gasteiger partial charge on any atom is 0.251 e. The van der Waals surface area contributed by atoms with Crippen LogP contribution in [-0.4, -0.2) is 26.6 Å². The normalized spacial score (nSPS) is 17.7. The van der Waals surface area contributed by atoms with Crippen molar-refractivity contribution in [1.29, 1.82) is 0 Å². The predicted octanol–water partition coefficient (Wildman–Crippen LogP) is 3.54. The number of benzene rings is 2. The van der Waals surface area contributed by atoms with Gasteiger partial charge in [-0.25, -0.2) is 8.42 Å². The fourth-order valence-electron chi connectivity index (χ4n) is 3.43. The number of nitrogens with one attached hydrogen (secondary N) is 1. The van der Waals surface area contributed by atoms with E-state index in [0.717, 1.165) is 11.1 Å². The number of amides is 1. The molecule has 0 radical (unpaired) electrons. The highest BCUT2D eigenvalue weighted by atomic mass is 35.5. The first-order chi connectivity index (χ1) is 12.2. The highest BCUT2D eigenvalue weighted by Crippen LogP contribution is 2.34. The van der Waals surface area contributed by atoms with Crippen LogP contribution in [0.5, 0.6) is 0 Å². The van der Waals surface area contributed by atoms with E-state index in [-0.39, 0.29) is 18.0 Å². The van der Waals surface area contributed by atoms with Crippen LogP contribution in [0.1, 0.15) is 41.4 Å². The molecule has 138 valence electrons. The number of hydrogen-bond donors (Lipinski definition) is 1. The van der Waals surface area contributed by atoms with E-state index in [9.17, 15) is 13.2 Å². The molecule has 0 saturated heterocycles. The minimum absolute atomic E-state index is 0.152. The van der Waals surface area contributed by atoms with Crippen molar-refractivity contribution in [2.45, 2.75) is 32.4 Å². The molecule has 0 fully saturated rings. The standard InChI is InChI=1S/C19H21ClN2O3S/c1-12-10-15-11-14(8-9-18(15)22(12)26(3,24)25)19(23)21-13(2)16-6-4-5-7-17(16)20/h4-9,11-13H,10H2,1-3H3,(H,21,23)/t12-,13+/m0/s1. The second-order valence-corrected chi connectivity index (χ2v) is 8.94. The average Bonchev–Trinajstić information content (AvgIpc) is 2.89. The number of sulfonamides is 1. The summed E-state index contributed by atoms with van der Waals surface area (Å²) in [4.78, 5) is 12.6. The summed E-state index contributed by atoms with van der Waals surface area (Å²) < 4.78 is 25.4. The number of fused-ring (bicyclic) bond motifs is 1. The Morgan fingerprint density at radius 3 is 2.62 bits per heavy atom. The van der Waals surface area contributed by atoms with Crippen molar-refractivity contribution in [2.75, 3.05) is 10.6 Å². The van der Waals surface area contributed by atoms with Crippen molar-refractivity contribution in [3.8, 4) is 0 Å². The van der Waals surface area contributed by atoms with E-state index in [4.69, 9.17) is 11.6 Å². The Labute approximate surface area is 159 Å². The van der Waals surface area contributed by atoms with Crippen molar-refractivity contribution < 1.29 is 13.2 Å². The molecule has 26 heavy (non-hydrogen) atoms. The fourth-order valence-corrected chi connectivity index (χ4v) is 5.00. The van der Waals surface area contributed by atoms with Gasteiger partial charge in [0.15, 0.2) is 0 Å². The SMILES string of the molecule is C[C@@H](NC(=O)c1ccc2c(c1)C[C@H](C)N2S(C)(=O)=O)c1ccccc1Cl. The number of hydrogen-bond acceptors (Lipinski definition) is 3. The fraction of sp³-hybridized carbons (Fsp3) is 0.316. The molecule has 1 heterocycles. The number of carbonyl (C=O) groups is 1. The lowest BCUT2D eigenvalue weighted by Crippen LogP contribution is -2.34. The summed E-state index contributed by atoms with van der Waals surface area (Å²) in [7, 11) is -3.34. The van der Waals surface area contributed by atoms with Crippen LogP contribution < -0.4 is 9.62 Å². The van der Waals surface area contributed by atoms with Gasteiger partial charge in [-0.2, -0.15) is 0 Å². The first-order valence-electron chi connectivity index (χ1n) is 8.36. The van der Waals surface area contributed by atoms with Gasteiger partial charge in [0.25, 0.3) is 5.91 Å². The first kappa shape index (κ1) is 18.7. The van der Waals surface area contributed by atoms with Gasteiger partial charge < -0.3 is 5.32 Å². The number of rotatable bonds is 4. The van der Waals surface area contributed by atoms with E-state index in [1.165, 1.54) is 10.6 Å². The molecule has 3 rings (SSSR count). The molecule has 0 unspecified atom stereocenters. The summed E-state index contributed by atoms with van der Waals surface area (Å²) in [6.45, 7) is 3.74. The lowest BCUT2D eigenvalue weighted by molar-refractivity contribution is 0.0940. The van der Waals surface area contributed by atoms with Crippen molar-refractivity contribution in [2.24, 2.45) is 0 Å². The van der Waals surface area contributed by atoms with Crippen LogP contribution in [0.15, 0.2) is 42.5 Å². The molecule has 7 heteroatoms. The van der Waals surface area contributed by atoms with Gasteiger partial charge in [0.1, 0.15) is 0 Å². The molecule has 1 amide bonds. The van der Waals surface area contributed by atoms with Gasteiger partial charge in [-0.1, -0.05) is 29.8 Å². The predicted molar refractivity (Wildman–Crippen MR) is 104 cm³/mol. The van der Waals surface area contributed by atoms with Crippen molar-refractivity contribution in [3.05, 3.63) is 64.2 Å². The van der Waals surface area contributed by atoms with Crippen LogP contribution >= 0.6 is 11.6 Å². The zero-order valence-electron chi connectivity index (χ0n) is 14.9. The topological polar surface area (TPSA) is 66.5 Å². The highest BCUT2D eigenvalue weighted by molar-refractivity contribution is 7.92. The smallest absolute Gasteiger partial charge is 0.251 e. The minimum Gasteiger partial charge on any atom is -0.345 e. The van der Waals surface area contributed by atoms with Crippen LogP contribution in [0, 0.1) is 0 Å². The molecule has 0 bridgehead atoms. The number of halogens is 1. The zero-order chi connectivity index (χ0) is 19.1. The summed E-state index contributed by atoms with van der Waals surface area (Å²) in [5.41, 5.74) is 2.86. The largest absolute Gasteiger partial charge is 0.345 e. The molecule has 2 aromatic rings. The zero-order valence-corrected chi connectivity index (χ0v) is 16.4. The average molecular weight is 393 g/mol. The van der Waals surface area contributed by atoms with Crippen LogP contribution in [0.3, 0.4) is 0 Å². The molecular weight excluding hydrogens is 372 g/mol. The Morgan fingerprint density at radius 1 is 1.27 bits per heavy atom. The third kappa shape index (κ3) is 3.57. The van der Waals surface area contributed by atoms with Gasteiger partial charge in [-0.3, -0.25) is 9.10 Å². The molecular formula is C19H21ClN2O3S. The van der Waals surface area contributed by atoms with E-state index in [2.05, 4.69) is 5.32 Å². The van der Waals surface area contributed by atoms with Crippen LogP contribution in [0.2, 0.25) is 5.02 Å². The molecule has 0 aromatic heterocycles. The van der Waals surface area contributed by atoms with Gasteiger partial charge >= 0.3 is 0 Å². The quantitative estimate of drug-likeness (QED) is 0.865. The summed E-state index contributed by atoms with van der Waals surface area (Å²) in [5, 5.41) is 3.55. The second kappa shape index (κ2) is 6.93. The molecule has 1 N–H and O–H groups in total. The van der Waals surface area contributed by atoms with Gasteiger partial charge in [0, 0.05) is 16.6 Å². The maximum absolute atomic E-state index is 12.6. The number of anilines is 1. The lowest BCUT2D eigenvalue weighted by atomic mass is 10.0. The van der Waals surface area contributed by atoms with Gasteiger partial charge in [-0.15, -0.1) is 0 Å². The summed E-state index contributed by atoms with van der Waals surface area (Å²) in [6, 6.07) is 12.1. The molecule has 5 nitrogen and oxygen atoms in total. The van der Waals surface area contributed by atoms with Crippen molar-refractivity contribution in [1.82, 2.24) is 5.32 Å². The molecule has 0 aliphatic carbocycles.